The van der Waals surface area contributed by atoms with Crippen LogP contribution in [0.15, 0.2) is 82.0 Å². The third-order valence-corrected chi connectivity index (χ3v) is 4.85. The summed E-state index contributed by atoms with van der Waals surface area (Å²) in [4.78, 5) is 2.18. The SMILES string of the molecule is CN(C)CCCOCC1=CC=C2CC=CC3=C4OCC=CC4=CC3=C2N1. The van der Waals surface area contributed by atoms with Gasteiger partial charge >= 0.3 is 0 Å². The van der Waals surface area contributed by atoms with E-state index in [4.69, 9.17) is 9.47 Å². The molecule has 4 heteroatoms. The minimum absolute atomic E-state index is 0.611. The lowest BCUT2D eigenvalue weighted by Gasteiger charge is -2.22. The van der Waals surface area contributed by atoms with Gasteiger partial charge in [-0.1, -0.05) is 24.3 Å². The van der Waals surface area contributed by atoms with Crippen LogP contribution < -0.4 is 5.32 Å². The van der Waals surface area contributed by atoms with Crippen LogP contribution in [0.3, 0.4) is 0 Å². The van der Waals surface area contributed by atoms with Gasteiger partial charge in [-0.05, 0) is 57.3 Å². The molecule has 2 heterocycles. The first-order chi connectivity index (χ1) is 12.7. The molecule has 0 aromatic rings. The molecular weight excluding hydrogens is 324 g/mol. The van der Waals surface area contributed by atoms with E-state index >= 15 is 0 Å². The third kappa shape index (κ3) is 3.48. The van der Waals surface area contributed by atoms with Gasteiger partial charge < -0.3 is 19.7 Å². The molecule has 0 bridgehead atoms. The highest BCUT2D eigenvalue weighted by Crippen LogP contribution is 2.40. The summed E-state index contributed by atoms with van der Waals surface area (Å²) < 4.78 is 11.7. The Balaban J connectivity index is 1.50. The van der Waals surface area contributed by atoms with Gasteiger partial charge in [0.1, 0.15) is 12.4 Å². The molecule has 4 nitrogen and oxygen atoms in total. The number of hydrogen-bond acceptors (Lipinski definition) is 4. The van der Waals surface area contributed by atoms with Gasteiger partial charge in [-0.15, -0.1) is 0 Å². The second-order valence-electron chi connectivity index (χ2n) is 7.17. The molecule has 0 fully saturated rings. The van der Waals surface area contributed by atoms with Crippen LogP contribution in [0.25, 0.3) is 0 Å². The molecule has 2 aliphatic heterocycles. The average molecular weight is 350 g/mol. The fourth-order valence-corrected chi connectivity index (χ4v) is 3.57. The maximum atomic E-state index is 5.89. The number of ether oxygens (including phenoxy) is 2. The monoisotopic (exact) mass is 350 g/mol. The van der Waals surface area contributed by atoms with Gasteiger partial charge in [0.05, 0.1) is 6.61 Å². The Morgan fingerprint density at radius 3 is 2.96 bits per heavy atom. The van der Waals surface area contributed by atoms with Crippen molar-refractivity contribution >= 4 is 0 Å². The Hall–Kier alpha value is -2.30. The molecule has 2 aliphatic carbocycles. The number of hydrogen-bond donors (Lipinski definition) is 1. The van der Waals surface area contributed by atoms with Crippen molar-refractivity contribution in [3.63, 3.8) is 0 Å². The number of nitrogens with one attached hydrogen (secondary N) is 1. The Bertz CT molecular complexity index is 804. The van der Waals surface area contributed by atoms with E-state index < -0.39 is 0 Å². The standard InChI is InChI=1S/C22H26N2O2/c1-24(2)11-5-12-25-15-18-10-9-16-6-3-8-19-20(21(16)23-18)14-17-7-4-13-26-22(17)19/h3-4,7-10,14,23H,5-6,11-13,15H2,1-2H3. The van der Waals surface area contributed by atoms with Crippen LogP contribution in [-0.4, -0.2) is 45.4 Å². The van der Waals surface area contributed by atoms with E-state index in [2.05, 4.69) is 66.8 Å². The van der Waals surface area contributed by atoms with Crippen LogP contribution in [0.4, 0.5) is 0 Å². The van der Waals surface area contributed by atoms with Gasteiger partial charge in [0.2, 0.25) is 0 Å². The van der Waals surface area contributed by atoms with Crippen molar-refractivity contribution in [3.8, 4) is 0 Å². The van der Waals surface area contributed by atoms with E-state index in [-0.39, 0.29) is 0 Å². The molecule has 4 rings (SSSR count). The highest BCUT2D eigenvalue weighted by Gasteiger charge is 2.28. The van der Waals surface area contributed by atoms with Crippen LogP contribution in [0.5, 0.6) is 0 Å². The lowest BCUT2D eigenvalue weighted by molar-refractivity contribution is 0.143. The molecule has 0 spiro atoms. The van der Waals surface area contributed by atoms with Crippen LogP contribution in [0, 0.1) is 0 Å². The van der Waals surface area contributed by atoms with Crippen LogP contribution in [0.1, 0.15) is 12.8 Å². The summed E-state index contributed by atoms with van der Waals surface area (Å²) in [7, 11) is 4.18. The van der Waals surface area contributed by atoms with E-state index in [1.807, 2.05) is 0 Å². The zero-order valence-electron chi connectivity index (χ0n) is 15.5. The van der Waals surface area contributed by atoms with Crippen molar-refractivity contribution in [3.05, 3.63) is 82.0 Å². The topological polar surface area (TPSA) is 33.7 Å². The van der Waals surface area contributed by atoms with Gasteiger partial charge in [0.15, 0.2) is 0 Å². The van der Waals surface area contributed by atoms with Gasteiger partial charge in [-0.2, -0.15) is 0 Å². The lowest BCUT2D eigenvalue weighted by Crippen LogP contribution is -2.23. The van der Waals surface area contributed by atoms with Crippen molar-refractivity contribution < 1.29 is 9.47 Å². The van der Waals surface area contributed by atoms with E-state index in [1.165, 1.54) is 22.4 Å². The van der Waals surface area contributed by atoms with Gasteiger partial charge in [-0.25, -0.2) is 0 Å². The first-order valence-electron chi connectivity index (χ1n) is 9.29. The second kappa shape index (κ2) is 7.52. The lowest BCUT2D eigenvalue weighted by atomic mass is 10.0. The summed E-state index contributed by atoms with van der Waals surface area (Å²) in [5.41, 5.74) is 7.17. The maximum absolute atomic E-state index is 5.89. The number of dihydropyridines is 1. The summed E-state index contributed by atoms with van der Waals surface area (Å²) >= 11 is 0. The predicted molar refractivity (Wildman–Crippen MR) is 104 cm³/mol. The second-order valence-corrected chi connectivity index (χ2v) is 7.17. The zero-order chi connectivity index (χ0) is 17.9. The summed E-state index contributed by atoms with van der Waals surface area (Å²) in [6, 6.07) is 0. The van der Waals surface area contributed by atoms with Crippen LogP contribution in [-0.2, 0) is 9.47 Å². The molecule has 136 valence electrons. The Morgan fingerprint density at radius 1 is 1.15 bits per heavy atom. The smallest absolute Gasteiger partial charge is 0.134 e. The zero-order valence-corrected chi connectivity index (χ0v) is 15.5. The third-order valence-electron chi connectivity index (χ3n) is 4.85. The van der Waals surface area contributed by atoms with E-state index in [1.54, 1.807) is 0 Å². The molecule has 1 N–H and O–H groups in total. The minimum Gasteiger partial charge on any atom is -0.488 e. The number of fused-ring (bicyclic) bond motifs is 3. The van der Waals surface area contributed by atoms with Crippen molar-refractivity contribution in [2.45, 2.75) is 12.8 Å². The number of allylic oxidation sites excluding steroid dienone is 9. The molecule has 0 radical (unpaired) electrons. The fourth-order valence-electron chi connectivity index (χ4n) is 3.57. The maximum Gasteiger partial charge on any atom is 0.134 e. The molecule has 4 aliphatic rings. The van der Waals surface area contributed by atoms with E-state index in [0.29, 0.717) is 13.2 Å². The molecule has 0 amide bonds. The highest BCUT2D eigenvalue weighted by atomic mass is 16.5. The average Bonchev–Trinajstić information content (AvgIpc) is 2.91. The first-order valence-corrected chi connectivity index (χ1v) is 9.29. The first kappa shape index (κ1) is 17.1. The fraction of sp³-hybridized carbons (Fsp3) is 0.364. The van der Waals surface area contributed by atoms with Crippen molar-refractivity contribution in [1.82, 2.24) is 10.2 Å². The Kier molecular flexibility index (Phi) is 4.96. The van der Waals surface area contributed by atoms with Crippen LogP contribution >= 0.6 is 0 Å². The van der Waals surface area contributed by atoms with E-state index in [0.717, 1.165) is 43.0 Å². The molecule has 0 unspecified atom stereocenters. The molecule has 0 aromatic heterocycles. The summed E-state index contributed by atoms with van der Waals surface area (Å²) in [5.74, 6) is 1.00. The van der Waals surface area contributed by atoms with Gasteiger partial charge in [0, 0.05) is 34.7 Å². The van der Waals surface area contributed by atoms with Gasteiger partial charge in [0.25, 0.3) is 0 Å². The highest BCUT2D eigenvalue weighted by molar-refractivity contribution is 5.69. The molecule has 0 atom stereocenters. The molecule has 0 saturated carbocycles. The minimum atomic E-state index is 0.611. The molecule has 0 saturated heterocycles. The number of nitrogens with zero attached hydrogens (tertiary/aromatic N) is 1. The Labute approximate surface area is 155 Å². The van der Waals surface area contributed by atoms with Crippen LogP contribution in [0.2, 0.25) is 0 Å². The summed E-state index contributed by atoms with van der Waals surface area (Å²) in [6.45, 7) is 3.09. The Morgan fingerprint density at radius 2 is 2.08 bits per heavy atom. The predicted octanol–water partition coefficient (Wildman–Crippen LogP) is 3.36. The quantitative estimate of drug-likeness (QED) is 0.745. The summed E-state index contributed by atoms with van der Waals surface area (Å²) in [5, 5.41) is 3.61. The van der Waals surface area contributed by atoms with Gasteiger partial charge in [-0.3, -0.25) is 0 Å². The van der Waals surface area contributed by atoms with Crippen molar-refractivity contribution in [2.24, 2.45) is 0 Å². The largest absolute Gasteiger partial charge is 0.488 e. The number of rotatable bonds is 6. The summed E-state index contributed by atoms with van der Waals surface area (Å²) in [6.07, 6.45) is 17.2. The van der Waals surface area contributed by atoms with E-state index in [9.17, 15) is 0 Å². The molecule has 0 aromatic carbocycles. The molecular formula is C22H26N2O2. The normalized spacial score (nSPS) is 20.7. The van der Waals surface area contributed by atoms with Crippen molar-refractivity contribution in [1.29, 1.82) is 0 Å². The molecule has 26 heavy (non-hydrogen) atoms. The van der Waals surface area contributed by atoms with Crippen molar-refractivity contribution in [2.75, 3.05) is 40.5 Å².